The second-order valence-electron chi connectivity index (χ2n) is 7.30. The molecule has 2 N–H and O–H groups in total. The number of H-pyrrole nitrogens is 1. The summed E-state index contributed by atoms with van der Waals surface area (Å²) in [6.07, 6.45) is 2.44. The molecule has 2 amide bonds. The molecule has 0 bridgehead atoms. The lowest BCUT2D eigenvalue weighted by Crippen LogP contribution is -2.41. The fourth-order valence-corrected chi connectivity index (χ4v) is 3.81. The van der Waals surface area contributed by atoms with Gasteiger partial charge >= 0.3 is 0 Å². The van der Waals surface area contributed by atoms with Crippen LogP contribution in [-0.2, 0) is 9.53 Å². The number of piperidine rings is 1. The van der Waals surface area contributed by atoms with E-state index in [0.717, 1.165) is 25.0 Å². The molecule has 0 saturated carbocycles. The number of carbonyl (C=O) groups excluding carboxylic acids is 2. The number of ether oxygens (including phenoxy) is 1. The van der Waals surface area contributed by atoms with E-state index in [4.69, 9.17) is 4.74 Å². The second kappa shape index (κ2) is 8.10. The van der Waals surface area contributed by atoms with Gasteiger partial charge in [-0.3, -0.25) is 14.7 Å². The summed E-state index contributed by atoms with van der Waals surface area (Å²) >= 11 is 0. The molecule has 2 saturated heterocycles. The highest BCUT2D eigenvalue weighted by Gasteiger charge is 2.31. The number of aromatic nitrogens is 2. The van der Waals surface area contributed by atoms with Crippen LogP contribution in [0, 0.1) is 11.7 Å². The lowest BCUT2D eigenvalue weighted by atomic mass is 9.92. The Morgan fingerprint density at radius 1 is 1.21 bits per heavy atom. The molecule has 0 aliphatic carbocycles. The van der Waals surface area contributed by atoms with E-state index in [1.165, 1.54) is 12.1 Å². The first-order valence-corrected chi connectivity index (χ1v) is 9.59. The lowest BCUT2D eigenvalue weighted by Gasteiger charge is -2.32. The number of para-hydroxylation sites is 1. The molecule has 1 aromatic carbocycles. The van der Waals surface area contributed by atoms with Crippen LogP contribution in [0.4, 0.5) is 10.1 Å². The number of rotatable bonds is 4. The third-order valence-corrected chi connectivity index (χ3v) is 5.48. The molecular formula is C20H23FN4O3. The van der Waals surface area contributed by atoms with Gasteiger partial charge in [0.1, 0.15) is 5.82 Å². The van der Waals surface area contributed by atoms with Crippen LogP contribution in [0.25, 0.3) is 0 Å². The summed E-state index contributed by atoms with van der Waals surface area (Å²) in [7, 11) is 0. The smallest absolute Gasteiger partial charge is 0.276 e. The van der Waals surface area contributed by atoms with Crippen LogP contribution >= 0.6 is 0 Å². The van der Waals surface area contributed by atoms with E-state index in [0.29, 0.717) is 26.3 Å². The molecule has 2 fully saturated rings. The average Bonchev–Trinajstić information content (AvgIpc) is 3.42. The van der Waals surface area contributed by atoms with Gasteiger partial charge < -0.3 is 15.0 Å². The van der Waals surface area contributed by atoms with E-state index in [1.54, 1.807) is 18.2 Å². The number of hydrogen-bond donors (Lipinski definition) is 2. The number of amides is 2. The first-order valence-electron chi connectivity index (χ1n) is 9.59. The van der Waals surface area contributed by atoms with Gasteiger partial charge in [0.25, 0.3) is 5.91 Å². The first-order chi connectivity index (χ1) is 13.6. The highest BCUT2D eigenvalue weighted by atomic mass is 19.1. The molecule has 8 heteroatoms. The summed E-state index contributed by atoms with van der Waals surface area (Å²) in [5.41, 5.74) is 1.22. The molecule has 1 aromatic heterocycles. The Hall–Kier alpha value is -2.74. The van der Waals surface area contributed by atoms with Crippen molar-refractivity contribution in [2.45, 2.75) is 25.2 Å². The minimum atomic E-state index is -0.490. The van der Waals surface area contributed by atoms with Gasteiger partial charge in [-0.25, -0.2) is 4.39 Å². The number of aromatic amines is 1. The van der Waals surface area contributed by atoms with E-state index >= 15 is 0 Å². The van der Waals surface area contributed by atoms with Crippen molar-refractivity contribution in [1.29, 1.82) is 0 Å². The molecule has 0 unspecified atom stereocenters. The fraction of sp³-hybridized carbons (Fsp3) is 0.450. The topological polar surface area (TPSA) is 87.3 Å². The normalized spacial score (nSPS) is 20.3. The van der Waals surface area contributed by atoms with Crippen molar-refractivity contribution in [2.75, 3.05) is 31.6 Å². The van der Waals surface area contributed by atoms with Crippen molar-refractivity contribution in [3.8, 4) is 0 Å². The minimum absolute atomic E-state index is 0.00242. The van der Waals surface area contributed by atoms with E-state index < -0.39 is 11.7 Å². The molecule has 4 rings (SSSR count). The number of nitrogens with one attached hydrogen (secondary N) is 2. The Balaban J connectivity index is 1.34. The molecule has 2 aromatic rings. The summed E-state index contributed by atoms with van der Waals surface area (Å²) in [6, 6.07) is 7.72. The summed E-state index contributed by atoms with van der Waals surface area (Å²) < 4.78 is 19.0. The number of halogens is 1. The first kappa shape index (κ1) is 18.6. The molecular weight excluding hydrogens is 363 g/mol. The maximum absolute atomic E-state index is 13.7. The summed E-state index contributed by atoms with van der Waals surface area (Å²) in [4.78, 5) is 26.7. The SMILES string of the molecule is O=C(Nc1ccccc1F)c1cc(C2CCN(C(=O)[C@@H]3CCOC3)CC2)[nH]n1. The van der Waals surface area contributed by atoms with Crippen LogP contribution in [-0.4, -0.2) is 53.2 Å². The number of benzene rings is 1. The van der Waals surface area contributed by atoms with Crippen LogP contribution in [0.5, 0.6) is 0 Å². The van der Waals surface area contributed by atoms with Crippen molar-refractivity contribution in [1.82, 2.24) is 15.1 Å². The van der Waals surface area contributed by atoms with Gasteiger partial charge in [0.05, 0.1) is 18.2 Å². The Morgan fingerprint density at radius 2 is 2.00 bits per heavy atom. The molecule has 28 heavy (non-hydrogen) atoms. The zero-order valence-electron chi connectivity index (χ0n) is 15.5. The molecule has 148 valence electrons. The zero-order valence-corrected chi connectivity index (χ0v) is 15.5. The van der Waals surface area contributed by atoms with Crippen molar-refractivity contribution in [3.05, 3.63) is 47.5 Å². The monoisotopic (exact) mass is 386 g/mol. The molecule has 7 nitrogen and oxygen atoms in total. The third-order valence-electron chi connectivity index (χ3n) is 5.48. The summed E-state index contributed by atoms with van der Waals surface area (Å²) in [5.74, 6) is -0.549. The molecule has 2 aliphatic rings. The van der Waals surface area contributed by atoms with Crippen LogP contribution in [0.2, 0.25) is 0 Å². The van der Waals surface area contributed by atoms with Crippen molar-refractivity contribution >= 4 is 17.5 Å². The van der Waals surface area contributed by atoms with Crippen molar-refractivity contribution in [2.24, 2.45) is 5.92 Å². The Morgan fingerprint density at radius 3 is 2.71 bits per heavy atom. The van der Waals surface area contributed by atoms with E-state index in [9.17, 15) is 14.0 Å². The number of carbonyl (C=O) groups is 2. The number of anilines is 1. The van der Waals surface area contributed by atoms with Gasteiger partial charge in [0, 0.05) is 31.3 Å². The molecule has 3 heterocycles. The van der Waals surface area contributed by atoms with Gasteiger partial charge in [0.15, 0.2) is 5.69 Å². The van der Waals surface area contributed by atoms with Gasteiger partial charge in [0.2, 0.25) is 5.91 Å². The minimum Gasteiger partial charge on any atom is -0.381 e. The largest absolute Gasteiger partial charge is 0.381 e. The van der Waals surface area contributed by atoms with Gasteiger partial charge in [-0.15, -0.1) is 0 Å². The van der Waals surface area contributed by atoms with Gasteiger partial charge in [-0.1, -0.05) is 12.1 Å². The fourth-order valence-electron chi connectivity index (χ4n) is 3.81. The summed E-state index contributed by atoms with van der Waals surface area (Å²) in [5, 5.41) is 9.54. The summed E-state index contributed by atoms with van der Waals surface area (Å²) in [6.45, 7) is 2.57. The second-order valence-corrected chi connectivity index (χ2v) is 7.30. The van der Waals surface area contributed by atoms with Crippen LogP contribution in [0.15, 0.2) is 30.3 Å². The highest BCUT2D eigenvalue weighted by Crippen LogP contribution is 2.29. The van der Waals surface area contributed by atoms with Crippen molar-refractivity contribution in [3.63, 3.8) is 0 Å². The standard InChI is InChI=1S/C20H23FN4O3/c21-15-3-1-2-4-16(15)22-19(26)18-11-17(23-24-18)13-5-8-25(9-6-13)20(27)14-7-10-28-12-14/h1-4,11,13-14H,5-10,12H2,(H,22,26)(H,23,24)/t14-/m1/s1. The maximum Gasteiger partial charge on any atom is 0.276 e. The third kappa shape index (κ3) is 3.91. The van der Waals surface area contributed by atoms with E-state index in [1.807, 2.05) is 4.90 Å². The predicted octanol–water partition coefficient (Wildman–Crippen LogP) is 2.54. The number of hydrogen-bond acceptors (Lipinski definition) is 4. The molecule has 1 atom stereocenters. The van der Waals surface area contributed by atoms with E-state index in [-0.39, 0.29) is 29.1 Å². The lowest BCUT2D eigenvalue weighted by molar-refractivity contribution is -0.136. The quantitative estimate of drug-likeness (QED) is 0.845. The molecule has 0 radical (unpaired) electrons. The van der Waals surface area contributed by atoms with Crippen LogP contribution in [0.1, 0.15) is 41.4 Å². The molecule has 0 spiro atoms. The number of likely N-dealkylation sites (tertiary alicyclic amines) is 1. The van der Waals surface area contributed by atoms with Gasteiger partial charge in [-0.05, 0) is 37.5 Å². The van der Waals surface area contributed by atoms with Crippen LogP contribution < -0.4 is 5.32 Å². The Bertz CT molecular complexity index is 855. The predicted molar refractivity (Wildman–Crippen MR) is 100 cm³/mol. The number of nitrogens with zero attached hydrogens (tertiary/aromatic N) is 2. The zero-order chi connectivity index (χ0) is 19.5. The van der Waals surface area contributed by atoms with Gasteiger partial charge in [-0.2, -0.15) is 5.10 Å². The van der Waals surface area contributed by atoms with Crippen LogP contribution in [0.3, 0.4) is 0 Å². The highest BCUT2D eigenvalue weighted by molar-refractivity contribution is 6.03. The molecule has 2 aliphatic heterocycles. The average molecular weight is 386 g/mol. The maximum atomic E-state index is 13.7. The van der Waals surface area contributed by atoms with Crippen molar-refractivity contribution < 1.29 is 18.7 Å². The Labute approximate surface area is 162 Å². The Kier molecular flexibility index (Phi) is 5.38. The van der Waals surface area contributed by atoms with E-state index in [2.05, 4.69) is 15.5 Å².